The minimum Gasteiger partial charge on any atom is -0.487 e. The summed E-state index contributed by atoms with van der Waals surface area (Å²) in [6.45, 7) is 1.50. The smallest absolute Gasteiger partial charge is 0.419 e. The molecule has 112 valence electrons. The SMILES string of the molecule is CC(N)Cc1ccc(OCC(Cl)=CCl)c(C(F)(F)F)c1. The molecule has 2 N–H and O–H groups in total. The van der Waals surface area contributed by atoms with E-state index in [-0.39, 0.29) is 23.4 Å². The maximum absolute atomic E-state index is 13.0. The highest BCUT2D eigenvalue weighted by Crippen LogP contribution is 2.37. The fraction of sp³-hybridized carbons (Fsp3) is 0.385. The summed E-state index contributed by atoms with van der Waals surface area (Å²) in [6.07, 6.45) is -4.16. The summed E-state index contributed by atoms with van der Waals surface area (Å²) in [5, 5.41) is 0.111. The summed E-state index contributed by atoms with van der Waals surface area (Å²) in [5.41, 5.74) is 6.27. The van der Waals surface area contributed by atoms with Crippen LogP contribution in [0.3, 0.4) is 0 Å². The largest absolute Gasteiger partial charge is 0.487 e. The number of halogens is 5. The van der Waals surface area contributed by atoms with Crippen LogP contribution in [0, 0.1) is 0 Å². The lowest BCUT2D eigenvalue weighted by Crippen LogP contribution is -2.18. The van der Waals surface area contributed by atoms with Gasteiger partial charge in [0.15, 0.2) is 0 Å². The van der Waals surface area contributed by atoms with E-state index in [1.54, 1.807) is 13.0 Å². The van der Waals surface area contributed by atoms with E-state index in [2.05, 4.69) is 0 Å². The normalized spacial score (nSPS) is 14.2. The molecule has 0 aliphatic rings. The quantitative estimate of drug-likeness (QED) is 0.875. The first-order chi connectivity index (χ1) is 9.24. The van der Waals surface area contributed by atoms with Gasteiger partial charge in [0.05, 0.1) is 10.6 Å². The van der Waals surface area contributed by atoms with Gasteiger partial charge in [0.1, 0.15) is 12.4 Å². The van der Waals surface area contributed by atoms with E-state index in [9.17, 15) is 13.2 Å². The maximum atomic E-state index is 13.0. The fourth-order valence-corrected chi connectivity index (χ4v) is 1.72. The van der Waals surface area contributed by atoms with Crippen molar-refractivity contribution in [2.45, 2.75) is 25.6 Å². The minimum atomic E-state index is -4.51. The number of benzene rings is 1. The number of hydrogen-bond donors (Lipinski definition) is 1. The van der Waals surface area contributed by atoms with Gasteiger partial charge in [0.2, 0.25) is 0 Å². The van der Waals surface area contributed by atoms with Crippen LogP contribution in [0.2, 0.25) is 0 Å². The molecule has 0 aliphatic carbocycles. The lowest BCUT2D eigenvalue weighted by atomic mass is 10.0. The van der Waals surface area contributed by atoms with E-state index in [0.717, 1.165) is 11.6 Å². The molecule has 0 aromatic heterocycles. The molecule has 1 unspecified atom stereocenters. The Bertz CT molecular complexity index is 487. The molecule has 0 amide bonds. The first-order valence-electron chi connectivity index (χ1n) is 5.77. The zero-order chi connectivity index (χ0) is 15.3. The van der Waals surface area contributed by atoms with Gasteiger partial charge in [-0.3, -0.25) is 0 Å². The van der Waals surface area contributed by atoms with Gasteiger partial charge >= 0.3 is 6.18 Å². The monoisotopic (exact) mass is 327 g/mol. The van der Waals surface area contributed by atoms with Gasteiger partial charge < -0.3 is 10.5 Å². The average molecular weight is 328 g/mol. The van der Waals surface area contributed by atoms with Crippen LogP contribution in [0.5, 0.6) is 5.75 Å². The Balaban J connectivity index is 3.04. The summed E-state index contributed by atoms with van der Waals surface area (Å²) >= 11 is 10.9. The molecule has 1 atom stereocenters. The Morgan fingerprint density at radius 2 is 2.10 bits per heavy atom. The predicted octanol–water partition coefficient (Wildman–Crippen LogP) is 4.29. The molecule has 0 radical (unpaired) electrons. The Morgan fingerprint density at radius 1 is 1.45 bits per heavy atom. The zero-order valence-corrected chi connectivity index (χ0v) is 12.2. The van der Waals surface area contributed by atoms with Gasteiger partial charge in [-0.2, -0.15) is 13.2 Å². The van der Waals surface area contributed by atoms with Crippen molar-refractivity contribution in [1.29, 1.82) is 0 Å². The molecule has 1 rings (SSSR count). The molecule has 0 saturated carbocycles. The molecule has 1 aromatic carbocycles. The number of alkyl halides is 3. The molecule has 0 saturated heterocycles. The van der Waals surface area contributed by atoms with Crippen molar-refractivity contribution in [3.8, 4) is 5.75 Å². The van der Waals surface area contributed by atoms with Crippen LogP contribution in [-0.4, -0.2) is 12.6 Å². The molecule has 0 heterocycles. The topological polar surface area (TPSA) is 35.2 Å². The van der Waals surface area contributed by atoms with Crippen LogP contribution in [0.1, 0.15) is 18.1 Å². The molecule has 20 heavy (non-hydrogen) atoms. The standard InChI is InChI=1S/C13H14Cl2F3NO/c1-8(19)4-9-2-3-12(20-7-10(15)6-14)11(5-9)13(16,17)18/h2-3,5-6,8H,4,7,19H2,1H3. The summed E-state index contributed by atoms with van der Waals surface area (Å²) in [7, 11) is 0. The van der Waals surface area contributed by atoms with Gasteiger partial charge in [0, 0.05) is 11.6 Å². The van der Waals surface area contributed by atoms with E-state index in [1.165, 1.54) is 6.07 Å². The summed E-state index contributed by atoms with van der Waals surface area (Å²) in [4.78, 5) is 0. The molecule has 2 nitrogen and oxygen atoms in total. The molecule has 0 aliphatic heterocycles. The molecule has 0 fully saturated rings. The minimum absolute atomic E-state index is 0.111. The molecular weight excluding hydrogens is 314 g/mol. The van der Waals surface area contributed by atoms with Crippen LogP contribution < -0.4 is 10.5 Å². The van der Waals surface area contributed by atoms with Gasteiger partial charge in [0.25, 0.3) is 0 Å². The molecule has 1 aromatic rings. The van der Waals surface area contributed by atoms with E-state index >= 15 is 0 Å². The van der Waals surface area contributed by atoms with Gasteiger partial charge in [-0.05, 0) is 31.0 Å². The second kappa shape index (κ2) is 7.20. The lowest BCUT2D eigenvalue weighted by Gasteiger charge is -2.16. The molecule has 7 heteroatoms. The number of rotatable bonds is 5. The number of nitrogens with two attached hydrogens (primary N) is 1. The third kappa shape index (κ3) is 5.23. The van der Waals surface area contributed by atoms with Crippen molar-refractivity contribution in [3.63, 3.8) is 0 Å². The van der Waals surface area contributed by atoms with Crippen molar-refractivity contribution in [2.75, 3.05) is 6.61 Å². The first kappa shape index (κ1) is 17.1. The zero-order valence-electron chi connectivity index (χ0n) is 10.7. The number of ether oxygens (including phenoxy) is 1. The third-order valence-electron chi connectivity index (χ3n) is 2.39. The van der Waals surface area contributed by atoms with Crippen molar-refractivity contribution in [3.05, 3.63) is 39.9 Å². The van der Waals surface area contributed by atoms with Crippen molar-refractivity contribution in [2.24, 2.45) is 5.73 Å². The number of hydrogen-bond acceptors (Lipinski definition) is 2. The van der Waals surface area contributed by atoms with Crippen LogP contribution in [0.25, 0.3) is 0 Å². The highest BCUT2D eigenvalue weighted by Gasteiger charge is 2.34. The molecular formula is C13H14Cl2F3NO. The summed E-state index contributed by atoms with van der Waals surface area (Å²) in [5.74, 6) is -0.289. The van der Waals surface area contributed by atoms with Crippen LogP contribution >= 0.6 is 23.2 Å². The highest BCUT2D eigenvalue weighted by molar-refractivity contribution is 6.36. The molecule has 0 spiro atoms. The second-order valence-corrected chi connectivity index (χ2v) is 5.06. The van der Waals surface area contributed by atoms with E-state index < -0.39 is 11.7 Å². The lowest BCUT2D eigenvalue weighted by molar-refractivity contribution is -0.138. The Hall–Kier alpha value is -0.910. The maximum Gasteiger partial charge on any atom is 0.419 e. The fourth-order valence-electron chi connectivity index (χ4n) is 1.60. The van der Waals surface area contributed by atoms with Crippen molar-refractivity contribution < 1.29 is 17.9 Å². The second-order valence-electron chi connectivity index (χ2n) is 4.35. The van der Waals surface area contributed by atoms with Gasteiger partial charge in [-0.15, -0.1) is 0 Å². The first-order valence-corrected chi connectivity index (χ1v) is 6.58. The average Bonchev–Trinajstić information content (AvgIpc) is 2.34. The van der Waals surface area contributed by atoms with E-state index in [4.69, 9.17) is 33.7 Å². The Kier molecular flexibility index (Phi) is 6.17. The van der Waals surface area contributed by atoms with E-state index in [1.807, 2.05) is 0 Å². The molecule has 0 bridgehead atoms. The van der Waals surface area contributed by atoms with Crippen LogP contribution in [0.15, 0.2) is 28.8 Å². The third-order valence-corrected chi connectivity index (χ3v) is 2.98. The van der Waals surface area contributed by atoms with Crippen molar-refractivity contribution in [1.82, 2.24) is 0 Å². The van der Waals surface area contributed by atoms with E-state index in [0.29, 0.717) is 12.0 Å². The summed E-state index contributed by atoms with van der Waals surface area (Å²) in [6, 6.07) is 3.62. The van der Waals surface area contributed by atoms with Crippen molar-refractivity contribution >= 4 is 23.2 Å². The summed E-state index contributed by atoms with van der Waals surface area (Å²) < 4.78 is 44.0. The Morgan fingerprint density at radius 3 is 2.60 bits per heavy atom. The van der Waals surface area contributed by atoms with Gasteiger partial charge in [-0.1, -0.05) is 29.3 Å². The van der Waals surface area contributed by atoms with Crippen LogP contribution in [-0.2, 0) is 12.6 Å². The predicted molar refractivity (Wildman–Crippen MR) is 74.1 cm³/mol. The van der Waals surface area contributed by atoms with Crippen LogP contribution in [0.4, 0.5) is 13.2 Å². The van der Waals surface area contributed by atoms with Gasteiger partial charge in [-0.25, -0.2) is 0 Å². The Labute approximate surface area is 125 Å². The highest BCUT2D eigenvalue weighted by atomic mass is 35.5.